The molecule has 0 saturated carbocycles. The quantitative estimate of drug-likeness (QED) is 0.682. The van der Waals surface area contributed by atoms with Crippen molar-refractivity contribution in [3.05, 3.63) is 0 Å². The van der Waals surface area contributed by atoms with Gasteiger partial charge in [-0.3, -0.25) is 4.90 Å². The minimum absolute atomic E-state index is 0.324. The Kier molecular flexibility index (Phi) is 4.44. The predicted octanol–water partition coefficient (Wildman–Crippen LogP) is 1.33. The summed E-state index contributed by atoms with van der Waals surface area (Å²) in [4.78, 5) is 2.49. The van der Waals surface area contributed by atoms with Crippen LogP contribution in [-0.2, 0) is 0 Å². The lowest BCUT2D eigenvalue weighted by Crippen LogP contribution is -2.56. The molecule has 1 aliphatic rings. The number of rotatable bonds is 3. The molecular formula is C12H22N2. The van der Waals surface area contributed by atoms with Gasteiger partial charge in [0.05, 0.1) is 6.04 Å². The van der Waals surface area contributed by atoms with Crippen LogP contribution in [-0.4, -0.2) is 36.6 Å². The zero-order valence-electron chi connectivity index (χ0n) is 9.59. The number of nitrogens with zero attached hydrogens (tertiary/aromatic N) is 1. The van der Waals surface area contributed by atoms with Crippen molar-refractivity contribution in [3.8, 4) is 12.3 Å². The molecule has 0 aromatic carbocycles. The average Bonchev–Trinajstić information content (AvgIpc) is 2.20. The molecule has 0 aromatic rings. The van der Waals surface area contributed by atoms with Gasteiger partial charge in [0.25, 0.3) is 0 Å². The second kappa shape index (κ2) is 5.38. The third kappa shape index (κ3) is 2.50. The summed E-state index contributed by atoms with van der Waals surface area (Å²) in [6, 6.07) is 0.925. The summed E-state index contributed by atoms with van der Waals surface area (Å²) in [6.45, 7) is 9.95. The van der Waals surface area contributed by atoms with Crippen LogP contribution < -0.4 is 5.32 Å². The molecule has 0 aliphatic carbocycles. The normalized spacial score (nSPS) is 26.1. The molecule has 0 aromatic heterocycles. The van der Waals surface area contributed by atoms with Crippen LogP contribution in [0.4, 0.5) is 0 Å². The number of piperazine rings is 1. The highest BCUT2D eigenvalue weighted by atomic mass is 15.2. The third-order valence-corrected chi connectivity index (χ3v) is 3.08. The van der Waals surface area contributed by atoms with Gasteiger partial charge in [-0.05, 0) is 12.3 Å². The van der Waals surface area contributed by atoms with Crippen molar-refractivity contribution in [3.63, 3.8) is 0 Å². The Bertz CT molecular complexity index is 205. The molecular weight excluding hydrogens is 172 g/mol. The highest BCUT2D eigenvalue weighted by molar-refractivity contribution is 5.02. The van der Waals surface area contributed by atoms with Gasteiger partial charge in [0.2, 0.25) is 0 Å². The molecule has 0 amide bonds. The Morgan fingerprint density at radius 1 is 1.57 bits per heavy atom. The summed E-state index contributed by atoms with van der Waals surface area (Å²) >= 11 is 0. The maximum absolute atomic E-state index is 5.56. The molecule has 2 atom stereocenters. The summed E-state index contributed by atoms with van der Waals surface area (Å²) in [5.41, 5.74) is 0. The van der Waals surface area contributed by atoms with Gasteiger partial charge in [0.15, 0.2) is 0 Å². The summed E-state index contributed by atoms with van der Waals surface area (Å²) in [5, 5.41) is 3.44. The lowest BCUT2D eigenvalue weighted by Gasteiger charge is -2.41. The Hall–Kier alpha value is -0.520. The second-order valence-corrected chi connectivity index (χ2v) is 4.34. The molecule has 0 radical (unpaired) electrons. The average molecular weight is 194 g/mol. The van der Waals surface area contributed by atoms with Crippen molar-refractivity contribution in [2.45, 2.75) is 39.3 Å². The Labute approximate surface area is 88.1 Å². The molecule has 1 heterocycles. The first-order chi connectivity index (χ1) is 6.70. The molecule has 1 aliphatic heterocycles. The molecule has 2 unspecified atom stereocenters. The van der Waals surface area contributed by atoms with E-state index in [-0.39, 0.29) is 0 Å². The van der Waals surface area contributed by atoms with Crippen molar-refractivity contribution < 1.29 is 0 Å². The van der Waals surface area contributed by atoms with Gasteiger partial charge in [-0.1, -0.05) is 26.7 Å². The lowest BCUT2D eigenvalue weighted by molar-refractivity contribution is 0.0985. The molecule has 0 bridgehead atoms. The monoisotopic (exact) mass is 194 g/mol. The second-order valence-electron chi connectivity index (χ2n) is 4.34. The van der Waals surface area contributed by atoms with Gasteiger partial charge >= 0.3 is 0 Å². The van der Waals surface area contributed by atoms with E-state index in [9.17, 15) is 0 Å². The fourth-order valence-corrected chi connectivity index (χ4v) is 2.19. The maximum Gasteiger partial charge on any atom is 0.0712 e. The molecule has 0 spiro atoms. The molecule has 14 heavy (non-hydrogen) atoms. The number of terminal acetylenes is 1. The first-order valence-corrected chi connectivity index (χ1v) is 5.63. The number of hydrogen-bond acceptors (Lipinski definition) is 2. The number of hydrogen-bond donors (Lipinski definition) is 1. The third-order valence-electron chi connectivity index (χ3n) is 3.08. The van der Waals surface area contributed by atoms with Crippen LogP contribution in [0.25, 0.3) is 0 Å². The van der Waals surface area contributed by atoms with E-state index in [0.717, 1.165) is 26.1 Å². The van der Waals surface area contributed by atoms with Crippen molar-refractivity contribution in [2.24, 2.45) is 5.92 Å². The van der Waals surface area contributed by atoms with Crippen LogP contribution in [0.5, 0.6) is 0 Å². The van der Waals surface area contributed by atoms with E-state index in [1.807, 2.05) is 0 Å². The SMILES string of the molecule is C#CC(CC)N1CCNCC1C(C)C. The highest BCUT2D eigenvalue weighted by Gasteiger charge is 2.28. The van der Waals surface area contributed by atoms with E-state index < -0.39 is 0 Å². The largest absolute Gasteiger partial charge is 0.314 e. The molecule has 2 nitrogen and oxygen atoms in total. The zero-order valence-corrected chi connectivity index (χ0v) is 9.59. The molecule has 1 rings (SSSR count). The predicted molar refractivity (Wildman–Crippen MR) is 61.1 cm³/mol. The van der Waals surface area contributed by atoms with Crippen molar-refractivity contribution in [2.75, 3.05) is 19.6 Å². The first kappa shape index (κ1) is 11.6. The fraction of sp³-hybridized carbons (Fsp3) is 0.833. The smallest absolute Gasteiger partial charge is 0.0712 e. The van der Waals surface area contributed by atoms with Gasteiger partial charge in [0.1, 0.15) is 0 Å². The van der Waals surface area contributed by atoms with Crippen molar-refractivity contribution in [1.82, 2.24) is 10.2 Å². The van der Waals surface area contributed by atoms with E-state index in [4.69, 9.17) is 6.42 Å². The van der Waals surface area contributed by atoms with Gasteiger partial charge < -0.3 is 5.32 Å². The van der Waals surface area contributed by atoms with E-state index >= 15 is 0 Å². The van der Waals surface area contributed by atoms with Crippen LogP contribution in [0.1, 0.15) is 27.2 Å². The molecule has 1 fully saturated rings. The van der Waals surface area contributed by atoms with Crippen LogP contribution in [0.3, 0.4) is 0 Å². The van der Waals surface area contributed by atoms with Crippen molar-refractivity contribution >= 4 is 0 Å². The highest BCUT2D eigenvalue weighted by Crippen LogP contribution is 2.17. The van der Waals surface area contributed by atoms with Crippen LogP contribution in [0.15, 0.2) is 0 Å². The summed E-state index contributed by atoms with van der Waals surface area (Å²) in [7, 11) is 0. The standard InChI is InChI=1S/C12H22N2/c1-5-11(6-2)14-8-7-13-9-12(14)10(3)4/h1,10-13H,6-9H2,2-4H3. The Balaban J connectivity index is 2.67. The van der Waals surface area contributed by atoms with Crippen LogP contribution >= 0.6 is 0 Å². The summed E-state index contributed by atoms with van der Waals surface area (Å²) < 4.78 is 0. The molecule has 2 heteroatoms. The summed E-state index contributed by atoms with van der Waals surface area (Å²) in [5.74, 6) is 3.58. The Morgan fingerprint density at radius 2 is 2.29 bits per heavy atom. The van der Waals surface area contributed by atoms with Crippen LogP contribution in [0.2, 0.25) is 0 Å². The molecule has 1 N–H and O–H groups in total. The maximum atomic E-state index is 5.56. The van der Waals surface area contributed by atoms with Crippen LogP contribution in [0, 0.1) is 18.3 Å². The van der Waals surface area contributed by atoms with E-state index in [1.54, 1.807) is 0 Å². The molecule has 80 valence electrons. The van der Waals surface area contributed by atoms with Gasteiger partial charge in [-0.15, -0.1) is 6.42 Å². The molecule has 1 saturated heterocycles. The Morgan fingerprint density at radius 3 is 2.79 bits per heavy atom. The summed E-state index contributed by atoms with van der Waals surface area (Å²) in [6.07, 6.45) is 6.62. The minimum atomic E-state index is 0.324. The van der Waals surface area contributed by atoms with Gasteiger partial charge in [-0.2, -0.15) is 0 Å². The van der Waals surface area contributed by atoms with E-state index in [0.29, 0.717) is 18.0 Å². The van der Waals surface area contributed by atoms with Gasteiger partial charge in [0, 0.05) is 25.7 Å². The van der Waals surface area contributed by atoms with Crippen molar-refractivity contribution in [1.29, 1.82) is 0 Å². The van der Waals surface area contributed by atoms with Gasteiger partial charge in [-0.25, -0.2) is 0 Å². The number of nitrogens with one attached hydrogen (secondary N) is 1. The van der Waals surface area contributed by atoms with E-state index in [2.05, 4.69) is 36.9 Å². The minimum Gasteiger partial charge on any atom is -0.314 e. The first-order valence-electron chi connectivity index (χ1n) is 5.63. The lowest BCUT2D eigenvalue weighted by atomic mass is 9.98. The zero-order chi connectivity index (χ0) is 10.6. The topological polar surface area (TPSA) is 15.3 Å². The fourth-order valence-electron chi connectivity index (χ4n) is 2.19. The van der Waals surface area contributed by atoms with E-state index in [1.165, 1.54) is 0 Å².